The summed E-state index contributed by atoms with van der Waals surface area (Å²) >= 11 is 1.33. The highest BCUT2D eigenvalue weighted by Gasteiger charge is 2.13. The van der Waals surface area contributed by atoms with E-state index in [9.17, 15) is 4.79 Å². The molecule has 0 radical (unpaired) electrons. The molecule has 0 fully saturated rings. The Morgan fingerprint density at radius 1 is 1.82 bits per heavy atom. The fourth-order valence-corrected chi connectivity index (χ4v) is 1.25. The molecule has 0 saturated heterocycles. The van der Waals surface area contributed by atoms with Crippen LogP contribution >= 0.6 is 11.3 Å². The average molecular weight is 173 g/mol. The third kappa shape index (κ3) is 2.28. The summed E-state index contributed by atoms with van der Waals surface area (Å²) in [6, 6.07) is 0. The molecule has 11 heavy (non-hydrogen) atoms. The van der Waals surface area contributed by atoms with Crippen molar-refractivity contribution in [2.45, 2.75) is 12.5 Å². The van der Waals surface area contributed by atoms with Gasteiger partial charge < -0.3 is 10.2 Å². The third-order valence-electron chi connectivity index (χ3n) is 1.16. The number of carboxylic acid groups (broad SMARTS) is 1. The third-order valence-corrected chi connectivity index (χ3v) is 1.97. The van der Waals surface area contributed by atoms with Gasteiger partial charge >= 0.3 is 5.97 Å². The molecule has 0 bridgehead atoms. The van der Waals surface area contributed by atoms with Gasteiger partial charge in [0, 0.05) is 17.5 Å². The normalized spacial score (nSPS) is 12.8. The molecule has 0 aromatic carbocycles. The fraction of sp³-hybridized carbons (Fsp3) is 0.333. The van der Waals surface area contributed by atoms with Gasteiger partial charge in [0.05, 0.1) is 5.51 Å². The molecule has 4 nitrogen and oxygen atoms in total. The number of aliphatic hydroxyl groups is 1. The van der Waals surface area contributed by atoms with Crippen molar-refractivity contribution in [1.29, 1.82) is 0 Å². The van der Waals surface area contributed by atoms with Crippen LogP contribution in [-0.2, 0) is 11.2 Å². The Kier molecular flexibility index (Phi) is 2.56. The first-order chi connectivity index (χ1) is 5.20. The van der Waals surface area contributed by atoms with Crippen molar-refractivity contribution >= 4 is 17.3 Å². The van der Waals surface area contributed by atoms with E-state index in [-0.39, 0.29) is 6.42 Å². The summed E-state index contributed by atoms with van der Waals surface area (Å²) in [5.74, 6) is -1.20. The number of nitrogens with zero attached hydrogens (tertiary/aromatic N) is 1. The zero-order valence-corrected chi connectivity index (χ0v) is 6.41. The minimum absolute atomic E-state index is 0.139. The van der Waals surface area contributed by atoms with E-state index in [2.05, 4.69) is 4.98 Å². The van der Waals surface area contributed by atoms with Gasteiger partial charge in [-0.2, -0.15) is 0 Å². The maximum atomic E-state index is 10.2. The van der Waals surface area contributed by atoms with Crippen molar-refractivity contribution in [2.24, 2.45) is 0 Å². The SMILES string of the molecule is O=C(O)[C@H](O)Cc1cncs1. The van der Waals surface area contributed by atoms with E-state index in [0.717, 1.165) is 4.88 Å². The lowest BCUT2D eigenvalue weighted by Gasteiger charge is -2.00. The van der Waals surface area contributed by atoms with Crippen molar-refractivity contribution in [3.63, 3.8) is 0 Å². The highest BCUT2D eigenvalue weighted by atomic mass is 32.1. The molecule has 1 aromatic heterocycles. The van der Waals surface area contributed by atoms with E-state index in [1.165, 1.54) is 11.3 Å². The largest absolute Gasteiger partial charge is 0.479 e. The molecule has 0 unspecified atom stereocenters. The van der Waals surface area contributed by atoms with Crippen molar-refractivity contribution in [3.05, 3.63) is 16.6 Å². The standard InChI is InChI=1S/C6H7NO3S/c8-5(6(9)10)1-4-2-7-3-11-4/h2-3,5,8H,1H2,(H,9,10)/t5-/m1/s1. The molecule has 0 saturated carbocycles. The second-order valence-corrected chi connectivity index (χ2v) is 3.00. The lowest BCUT2D eigenvalue weighted by molar-refractivity contribution is -0.146. The van der Waals surface area contributed by atoms with Gasteiger partial charge in [-0.1, -0.05) is 0 Å². The molecule has 0 aliphatic heterocycles. The first-order valence-corrected chi connectivity index (χ1v) is 3.86. The number of aliphatic carboxylic acids is 1. The summed E-state index contributed by atoms with van der Waals surface area (Å²) in [5, 5.41) is 17.2. The second kappa shape index (κ2) is 3.45. The number of hydrogen-bond donors (Lipinski definition) is 2. The van der Waals surface area contributed by atoms with Crippen LogP contribution in [0.3, 0.4) is 0 Å². The lowest BCUT2D eigenvalue weighted by Crippen LogP contribution is -2.21. The average Bonchev–Trinajstić information content (AvgIpc) is 2.39. The quantitative estimate of drug-likeness (QED) is 0.681. The minimum Gasteiger partial charge on any atom is -0.479 e. The van der Waals surface area contributed by atoms with Crippen LogP contribution in [0.4, 0.5) is 0 Å². The second-order valence-electron chi connectivity index (χ2n) is 2.03. The Hall–Kier alpha value is -0.940. The molecule has 1 rings (SSSR count). The van der Waals surface area contributed by atoms with Crippen LogP contribution in [0, 0.1) is 0 Å². The summed E-state index contributed by atoms with van der Waals surface area (Å²) in [6.07, 6.45) is 0.382. The molecule has 5 heteroatoms. The fourth-order valence-electron chi connectivity index (χ4n) is 0.621. The smallest absolute Gasteiger partial charge is 0.332 e. The molecule has 60 valence electrons. The van der Waals surface area contributed by atoms with Gasteiger partial charge in [0.2, 0.25) is 0 Å². The zero-order chi connectivity index (χ0) is 8.27. The number of carbonyl (C=O) groups is 1. The first kappa shape index (κ1) is 8.16. The highest BCUT2D eigenvalue weighted by molar-refractivity contribution is 7.09. The molecular weight excluding hydrogens is 166 g/mol. The number of rotatable bonds is 3. The van der Waals surface area contributed by atoms with Crippen molar-refractivity contribution < 1.29 is 15.0 Å². The van der Waals surface area contributed by atoms with E-state index in [1.807, 2.05) is 0 Å². The Bertz CT molecular complexity index is 234. The number of hydrogen-bond acceptors (Lipinski definition) is 4. The van der Waals surface area contributed by atoms with Crippen molar-refractivity contribution in [2.75, 3.05) is 0 Å². The maximum Gasteiger partial charge on any atom is 0.332 e. The molecule has 1 atom stereocenters. The van der Waals surface area contributed by atoms with Gasteiger partial charge in [-0.3, -0.25) is 4.98 Å². The Morgan fingerprint density at radius 3 is 3.00 bits per heavy atom. The van der Waals surface area contributed by atoms with E-state index >= 15 is 0 Å². The molecule has 0 amide bonds. The zero-order valence-electron chi connectivity index (χ0n) is 5.60. The van der Waals surface area contributed by atoms with Crippen LogP contribution in [0.1, 0.15) is 4.88 Å². The topological polar surface area (TPSA) is 70.4 Å². The summed E-state index contributed by atoms with van der Waals surface area (Å²) < 4.78 is 0. The molecular formula is C6H7NO3S. The van der Waals surface area contributed by atoms with Crippen LogP contribution in [0.5, 0.6) is 0 Å². The predicted octanol–water partition coefficient (Wildman–Crippen LogP) is 0.131. The summed E-state index contributed by atoms with van der Waals surface area (Å²) in [7, 11) is 0. The predicted molar refractivity (Wildman–Crippen MR) is 39.5 cm³/mol. The molecule has 0 aliphatic rings. The summed E-state index contributed by atoms with van der Waals surface area (Å²) in [4.78, 5) is 14.7. The van der Waals surface area contributed by atoms with E-state index in [0.29, 0.717) is 0 Å². The van der Waals surface area contributed by atoms with Crippen molar-refractivity contribution in [1.82, 2.24) is 4.98 Å². The molecule has 1 aromatic rings. The van der Waals surface area contributed by atoms with Crippen LogP contribution in [0.15, 0.2) is 11.7 Å². The Labute approximate surface area is 67.1 Å². The van der Waals surface area contributed by atoms with Crippen LogP contribution in [0.25, 0.3) is 0 Å². The lowest BCUT2D eigenvalue weighted by atomic mass is 10.2. The van der Waals surface area contributed by atoms with Crippen LogP contribution in [0.2, 0.25) is 0 Å². The Balaban J connectivity index is 2.50. The van der Waals surface area contributed by atoms with Crippen molar-refractivity contribution in [3.8, 4) is 0 Å². The Morgan fingerprint density at radius 2 is 2.55 bits per heavy atom. The molecule has 0 spiro atoms. The van der Waals surface area contributed by atoms with Crippen LogP contribution in [-0.4, -0.2) is 27.3 Å². The number of carboxylic acids is 1. The van der Waals surface area contributed by atoms with E-state index in [4.69, 9.17) is 10.2 Å². The van der Waals surface area contributed by atoms with Gasteiger partial charge in [0.15, 0.2) is 6.10 Å². The van der Waals surface area contributed by atoms with E-state index < -0.39 is 12.1 Å². The number of aliphatic hydroxyl groups excluding tert-OH is 1. The van der Waals surface area contributed by atoms with Gasteiger partial charge in [-0.05, 0) is 0 Å². The van der Waals surface area contributed by atoms with Crippen LogP contribution < -0.4 is 0 Å². The summed E-state index contributed by atoms with van der Waals surface area (Å²) in [5.41, 5.74) is 1.60. The van der Waals surface area contributed by atoms with Gasteiger partial charge in [-0.15, -0.1) is 11.3 Å². The first-order valence-electron chi connectivity index (χ1n) is 2.98. The highest BCUT2D eigenvalue weighted by Crippen LogP contribution is 2.08. The monoisotopic (exact) mass is 173 g/mol. The molecule has 0 aliphatic carbocycles. The molecule has 1 heterocycles. The van der Waals surface area contributed by atoms with E-state index in [1.54, 1.807) is 11.7 Å². The molecule has 2 N–H and O–H groups in total. The number of thiazole rings is 1. The maximum absolute atomic E-state index is 10.2. The van der Waals surface area contributed by atoms with Gasteiger partial charge in [0.1, 0.15) is 0 Å². The van der Waals surface area contributed by atoms with Gasteiger partial charge in [0.25, 0.3) is 0 Å². The number of aromatic nitrogens is 1. The van der Waals surface area contributed by atoms with Gasteiger partial charge in [-0.25, -0.2) is 4.79 Å². The minimum atomic E-state index is -1.31. The summed E-state index contributed by atoms with van der Waals surface area (Å²) in [6.45, 7) is 0.